The van der Waals surface area contributed by atoms with Crippen LogP contribution >= 0.6 is 11.8 Å². The lowest BCUT2D eigenvalue weighted by molar-refractivity contribution is 0.0717. The van der Waals surface area contributed by atoms with E-state index in [4.69, 9.17) is 4.74 Å². The monoisotopic (exact) mass is 305 g/mol. The Hall–Kier alpha value is -1.16. The van der Waals surface area contributed by atoms with E-state index in [-0.39, 0.29) is 22.5 Å². The van der Waals surface area contributed by atoms with Gasteiger partial charge in [-0.2, -0.15) is 0 Å². The van der Waals surface area contributed by atoms with Crippen LogP contribution in [0.4, 0.5) is 4.79 Å². The third-order valence-electron chi connectivity index (χ3n) is 4.55. The Morgan fingerprint density at radius 1 is 1.14 bits per heavy atom. The Morgan fingerprint density at radius 3 is 2.38 bits per heavy atom. The highest BCUT2D eigenvalue weighted by Gasteiger charge is 2.54. The van der Waals surface area contributed by atoms with Gasteiger partial charge in [-0.15, -0.1) is 11.8 Å². The van der Waals surface area contributed by atoms with E-state index in [1.807, 2.05) is 17.8 Å². The summed E-state index contributed by atoms with van der Waals surface area (Å²) in [5.41, 5.74) is -0.309. The predicted octanol–water partition coefficient (Wildman–Crippen LogP) is 4.37. The normalized spacial score (nSPS) is 27.0. The maximum atomic E-state index is 11.8. The highest BCUT2D eigenvalue weighted by atomic mass is 32.2. The van der Waals surface area contributed by atoms with E-state index in [9.17, 15) is 4.79 Å². The minimum atomic E-state index is -0.309. The van der Waals surface area contributed by atoms with Crippen molar-refractivity contribution >= 4 is 17.9 Å². The van der Waals surface area contributed by atoms with Gasteiger partial charge in [0.25, 0.3) is 0 Å². The molecule has 114 valence electrons. The Labute approximate surface area is 130 Å². The molecule has 1 heterocycles. The largest absolute Gasteiger partial charge is 0.442 e. The highest BCUT2D eigenvalue weighted by Crippen LogP contribution is 2.50. The summed E-state index contributed by atoms with van der Waals surface area (Å²) < 4.78 is 5.71. The molecule has 0 aromatic heterocycles. The van der Waals surface area contributed by atoms with Gasteiger partial charge in [0.2, 0.25) is 0 Å². The molecule has 4 heteroatoms. The van der Waals surface area contributed by atoms with Gasteiger partial charge in [0.05, 0.1) is 10.3 Å². The van der Waals surface area contributed by atoms with E-state index in [1.165, 1.54) is 24.2 Å². The average molecular weight is 305 g/mol. The molecular weight excluding hydrogens is 282 g/mol. The molecule has 2 aliphatic rings. The van der Waals surface area contributed by atoms with E-state index in [2.05, 4.69) is 43.4 Å². The van der Waals surface area contributed by atoms with Gasteiger partial charge in [0.1, 0.15) is 6.10 Å². The molecular formula is C17H23NO2S. The Morgan fingerprint density at radius 2 is 1.81 bits per heavy atom. The van der Waals surface area contributed by atoms with Crippen LogP contribution in [0.5, 0.6) is 0 Å². The van der Waals surface area contributed by atoms with Gasteiger partial charge >= 0.3 is 6.09 Å². The van der Waals surface area contributed by atoms with Crippen LogP contribution in [-0.4, -0.2) is 22.5 Å². The van der Waals surface area contributed by atoms with Crippen molar-refractivity contribution in [3.63, 3.8) is 0 Å². The molecule has 1 saturated carbocycles. The van der Waals surface area contributed by atoms with E-state index in [0.29, 0.717) is 0 Å². The van der Waals surface area contributed by atoms with Gasteiger partial charge in [-0.05, 0) is 38.8 Å². The average Bonchev–Trinajstić information content (AvgIpc) is 2.74. The van der Waals surface area contributed by atoms with Gasteiger partial charge < -0.3 is 10.1 Å². The summed E-state index contributed by atoms with van der Waals surface area (Å²) in [6.07, 6.45) is 5.57. The number of nitrogens with one attached hydrogen (secondary N) is 1. The molecule has 1 atom stereocenters. The molecule has 1 N–H and O–H groups in total. The van der Waals surface area contributed by atoms with E-state index >= 15 is 0 Å². The first kappa shape index (κ1) is 14.8. The number of thioether (sulfide) groups is 1. The molecule has 0 spiro atoms. The van der Waals surface area contributed by atoms with Gasteiger partial charge in [0.15, 0.2) is 0 Å². The number of carbonyl (C=O) groups excluding carboxylic acids is 1. The quantitative estimate of drug-likeness (QED) is 0.901. The fourth-order valence-corrected chi connectivity index (χ4v) is 5.37. The van der Waals surface area contributed by atoms with Crippen LogP contribution in [0.2, 0.25) is 0 Å². The molecule has 1 aromatic carbocycles. The lowest BCUT2D eigenvalue weighted by Crippen LogP contribution is -2.54. The number of cyclic esters (lactones) is 1. The van der Waals surface area contributed by atoms with Crippen molar-refractivity contribution in [3.05, 3.63) is 30.3 Å². The summed E-state index contributed by atoms with van der Waals surface area (Å²) in [4.78, 5) is 13.0. The third kappa shape index (κ3) is 2.91. The lowest BCUT2D eigenvalue weighted by atomic mass is 9.77. The predicted molar refractivity (Wildman–Crippen MR) is 85.6 cm³/mol. The minimum Gasteiger partial charge on any atom is -0.442 e. The lowest BCUT2D eigenvalue weighted by Gasteiger charge is -2.44. The van der Waals surface area contributed by atoms with Crippen molar-refractivity contribution in [3.8, 4) is 0 Å². The van der Waals surface area contributed by atoms with Crippen molar-refractivity contribution in [2.75, 3.05) is 0 Å². The summed E-state index contributed by atoms with van der Waals surface area (Å²) in [6.45, 7) is 4.15. The van der Waals surface area contributed by atoms with E-state index in [1.54, 1.807) is 0 Å². The second kappa shape index (κ2) is 5.56. The standard InChI is InChI=1S/C17H23NO2S/c1-16(2)14(20-15(19)18-16)17(11-7-4-8-12-17)21-13-9-5-3-6-10-13/h3,5-6,9-10,14H,4,7-8,11-12H2,1-2H3,(H,18,19)/t14-/m0/s1. The summed E-state index contributed by atoms with van der Waals surface area (Å²) in [7, 11) is 0. The van der Waals surface area contributed by atoms with Gasteiger partial charge in [-0.25, -0.2) is 4.79 Å². The summed E-state index contributed by atoms with van der Waals surface area (Å²) in [6, 6.07) is 10.5. The number of ether oxygens (including phenoxy) is 1. The van der Waals surface area contributed by atoms with Crippen molar-refractivity contribution in [2.45, 2.75) is 67.2 Å². The molecule has 0 radical (unpaired) electrons. The molecule has 0 unspecified atom stereocenters. The molecule has 1 aromatic rings. The zero-order valence-electron chi connectivity index (χ0n) is 12.7. The number of benzene rings is 1. The van der Waals surface area contributed by atoms with E-state index in [0.717, 1.165) is 12.8 Å². The first-order chi connectivity index (χ1) is 10.0. The fraction of sp³-hybridized carbons (Fsp3) is 0.588. The van der Waals surface area contributed by atoms with Crippen LogP contribution in [0.3, 0.4) is 0 Å². The molecule has 1 aliphatic carbocycles. The first-order valence-corrected chi connectivity index (χ1v) is 8.56. The van der Waals surface area contributed by atoms with Crippen LogP contribution in [0.1, 0.15) is 46.0 Å². The summed E-state index contributed by atoms with van der Waals surface area (Å²) in [5, 5.41) is 2.98. The third-order valence-corrected chi connectivity index (χ3v) is 6.08. The van der Waals surface area contributed by atoms with Crippen molar-refractivity contribution in [1.29, 1.82) is 0 Å². The first-order valence-electron chi connectivity index (χ1n) is 7.75. The highest BCUT2D eigenvalue weighted by molar-refractivity contribution is 8.00. The Balaban J connectivity index is 1.91. The molecule has 2 fully saturated rings. The zero-order valence-corrected chi connectivity index (χ0v) is 13.5. The fourth-order valence-electron chi connectivity index (χ4n) is 3.67. The molecule has 3 rings (SSSR count). The number of hydrogen-bond acceptors (Lipinski definition) is 3. The number of rotatable bonds is 3. The topological polar surface area (TPSA) is 38.3 Å². The number of alkyl carbamates (subject to hydrolysis) is 1. The molecule has 3 nitrogen and oxygen atoms in total. The number of amides is 1. The van der Waals surface area contributed by atoms with Gasteiger partial charge in [0, 0.05) is 4.90 Å². The second-order valence-electron chi connectivity index (χ2n) is 6.67. The Kier molecular flexibility index (Phi) is 3.91. The smallest absolute Gasteiger partial charge is 0.408 e. The molecule has 1 amide bonds. The van der Waals surface area contributed by atoms with Crippen molar-refractivity contribution in [2.24, 2.45) is 0 Å². The Bertz CT molecular complexity index is 509. The maximum Gasteiger partial charge on any atom is 0.408 e. The van der Waals surface area contributed by atoms with Crippen molar-refractivity contribution < 1.29 is 9.53 Å². The molecule has 21 heavy (non-hydrogen) atoms. The van der Waals surface area contributed by atoms with Gasteiger partial charge in [-0.1, -0.05) is 37.5 Å². The molecule has 0 bridgehead atoms. The van der Waals surface area contributed by atoms with Crippen LogP contribution in [0, 0.1) is 0 Å². The van der Waals surface area contributed by atoms with E-state index < -0.39 is 0 Å². The SMILES string of the molecule is CC1(C)NC(=O)O[C@@H]1C1(Sc2ccccc2)CCCCC1. The second-order valence-corrected chi connectivity index (χ2v) is 8.16. The maximum absolute atomic E-state index is 11.8. The molecule has 1 aliphatic heterocycles. The minimum absolute atomic E-state index is 0.0116. The van der Waals surface area contributed by atoms with Crippen LogP contribution < -0.4 is 5.32 Å². The summed E-state index contributed by atoms with van der Waals surface area (Å²) in [5.74, 6) is 0. The van der Waals surface area contributed by atoms with Crippen LogP contribution in [-0.2, 0) is 4.74 Å². The van der Waals surface area contributed by atoms with Crippen molar-refractivity contribution in [1.82, 2.24) is 5.32 Å². The zero-order chi connectivity index (χ0) is 14.9. The van der Waals surface area contributed by atoms with Crippen LogP contribution in [0.25, 0.3) is 0 Å². The molecule has 1 saturated heterocycles. The number of carbonyl (C=O) groups is 1. The number of hydrogen-bond donors (Lipinski definition) is 1. The summed E-state index contributed by atoms with van der Waals surface area (Å²) >= 11 is 1.90. The van der Waals surface area contributed by atoms with Crippen LogP contribution in [0.15, 0.2) is 35.2 Å². The van der Waals surface area contributed by atoms with Gasteiger partial charge in [-0.3, -0.25) is 0 Å².